The number of fused-ring (bicyclic) bond motifs is 1. The Morgan fingerprint density at radius 1 is 1.21 bits per heavy atom. The normalized spacial score (nSPS) is 11.8. The van der Waals surface area contributed by atoms with Crippen LogP contribution in [0.1, 0.15) is 0 Å². The lowest BCUT2D eigenvalue weighted by Gasteiger charge is -2.07. The second-order valence-electron chi connectivity index (χ2n) is 5.24. The fraction of sp³-hybridized carbons (Fsp3) is 0.188. The molecule has 0 atom stereocenters. The van der Waals surface area contributed by atoms with Gasteiger partial charge in [0.1, 0.15) is 5.82 Å². The molecule has 8 heteroatoms. The van der Waals surface area contributed by atoms with E-state index >= 15 is 0 Å². The number of methoxy groups -OCH3 is 1. The largest absolute Gasteiger partial charge is 0.504 e. The van der Waals surface area contributed by atoms with E-state index in [9.17, 15) is 13.5 Å². The van der Waals surface area contributed by atoms with Crippen molar-refractivity contribution in [2.24, 2.45) is 7.05 Å². The van der Waals surface area contributed by atoms with Crippen molar-refractivity contribution in [2.75, 3.05) is 14.2 Å². The summed E-state index contributed by atoms with van der Waals surface area (Å²) in [6.07, 6.45) is 0. The Hall–Kier alpha value is -2.58. The molecule has 0 bridgehead atoms. The molecular weight excluding hydrogens is 330 g/mol. The number of benzene rings is 2. The van der Waals surface area contributed by atoms with Crippen LogP contribution in [0.25, 0.3) is 22.4 Å². The quantitative estimate of drug-likeness (QED) is 0.751. The summed E-state index contributed by atoms with van der Waals surface area (Å²) in [7, 11) is 1.16. The van der Waals surface area contributed by atoms with E-state index < -0.39 is 10.0 Å². The summed E-state index contributed by atoms with van der Waals surface area (Å²) in [6, 6.07) is 9.73. The van der Waals surface area contributed by atoms with Crippen LogP contribution in [-0.4, -0.2) is 37.2 Å². The van der Waals surface area contributed by atoms with Gasteiger partial charge in [-0.15, -0.1) is 0 Å². The molecule has 1 aromatic heterocycles. The van der Waals surface area contributed by atoms with Gasteiger partial charge in [-0.3, -0.25) is 0 Å². The van der Waals surface area contributed by atoms with Crippen molar-refractivity contribution in [3.05, 3.63) is 36.4 Å². The van der Waals surface area contributed by atoms with Crippen LogP contribution in [-0.2, 0) is 17.1 Å². The van der Waals surface area contributed by atoms with Crippen molar-refractivity contribution < 1.29 is 18.3 Å². The minimum absolute atomic E-state index is 0.0439. The van der Waals surface area contributed by atoms with Gasteiger partial charge in [-0.05, 0) is 43.4 Å². The van der Waals surface area contributed by atoms with Crippen molar-refractivity contribution in [2.45, 2.75) is 4.90 Å². The van der Waals surface area contributed by atoms with Crippen LogP contribution in [0.2, 0.25) is 0 Å². The molecule has 0 saturated heterocycles. The Bertz CT molecular complexity index is 1030. The molecule has 0 fully saturated rings. The van der Waals surface area contributed by atoms with E-state index in [1.807, 2.05) is 11.6 Å². The van der Waals surface area contributed by atoms with Crippen LogP contribution < -0.4 is 9.46 Å². The summed E-state index contributed by atoms with van der Waals surface area (Å²) in [5, 5.41) is 9.72. The average Bonchev–Trinajstić information content (AvgIpc) is 2.91. The predicted molar refractivity (Wildman–Crippen MR) is 90.6 cm³/mol. The van der Waals surface area contributed by atoms with Gasteiger partial charge in [0.15, 0.2) is 11.5 Å². The van der Waals surface area contributed by atoms with E-state index in [2.05, 4.69) is 9.71 Å². The van der Waals surface area contributed by atoms with Crippen LogP contribution in [0.4, 0.5) is 0 Å². The summed E-state index contributed by atoms with van der Waals surface area (Å²) < 4.78 is 33.1. The molecule has 0 saturated carbocycles. The summed E-state index contributed by atoms with van der Waals surface area (Å²) in [6.45, 7) is 0. The number of rotatable bonds is 4. The smallest absolute Gasteiger partial charge is 0.240 e. The van der Waals surface area contributed by atoms with Crippen molar-refractivity contribution in [3.8, 4) is 22.9 Å². The first-order chi connectivity index (χ1) is 11.4. The number of aromatic hydroxyl groups is 1. The maximum absolute atomic E-state index is 11.9. The van der Waals surface area contributed by atoms with E-state index in [4.69, 9.17) is 4.74 Å². The number of nitrogens with zero attached hydrogens (tertiary/aromatic N) is 2. The number of sulfonamides is 1. The first kappa shape index (κ1) is 16.3. The molecule has 0 aliphatic carbocycles. The topological polar surface area (TPSA) is 93.5 Å². The minimum Gasteiger partial charge on any atom is -0.504 e. The fourth-order valence-corrected chi connectivity index (χ4v) is 3.29. The zero-order chi connectivity index (χ0) is 17.5. The third-order valence-corrected chi connectivity index (χ3v) is 5.28. The van der Waals surface area contributed by atoms with Crippen molar-refractivity contribution >= 4 is 21.1 Å². The monoisotopic (exact) mass is 347 g/mol. The molecule has 7 nitrogen and oxygen atoms in total. The van der Waals surface area contributed by atoms with Gasteiger partial charge in [0.25, 0.3) is 0 Å². The molecule has 2 N–H and O–H groups in total. The average molecular weight is 347 g/mol. The predicted octanol–water partition coefficient (Wildman–Crippen LogP) is 1.86. The second kappa shape index (κ2) is 5.81. The molecule has 2 aromatic carbocycles. The number of nitrogens with one attached hydrogen (secondary N) is 1. The number of phenols is 1. The van der Waals surface area contributed by atoms with Gasteiger partial charge in [0.05, 0.1) is 23.0 Å². The van der Waals surface area contributed by atoms with E-state index in [1.165, 1.54) is 32.4 Å². The SMILES string of the molecule is CNS(=O)(=O)c1ccc2c(c1)nc(-c1ccc(O)c(OC)c1)n2C. The third-order valence-electron chi connectivity index (χ3n) is 3.87. The molecule has 126 valence electrons. The highest BCUT2D eigenvalue weighted by Crippen LogP contribution is 2.32. The Kier molecular flexibility index (Phi) is 3.94. The number of aromatic nitrogens is 2. The summed E-state index contributed by atoms with van der Waals surface area (Å²) in [4.78, 5) is 4.69. The van der Waals surface area contributed by atoms with E-state index in [1.54, 1.807) is 18.2 Å². The van der Waals surface area contributed by atoms with Crippen LogP contribution in [0.3, 0.4) is 0 Å². The van der Waals surface area contributed by atoms with Gasteiger partial charge in [-0.1, -0.05) is 0 Å². The number of phenolic OH excluding ortho intramolecular Hbond substituents is 1. The Morgan fingerprint density at radius 2 is 1.96 bits per heavy atom. The molecule has 0 aliphatic rings. The summed E-state index contributed by atoms with van der Waals surface area (Å²) >= 11 is 0. The maximum Gasteiger partial charge on any atom is 0.240 e. The van der Waals surface area contributed by atoms with Gasteiger partial charge >= 0.3 is 0 Å². The van der Waals surface area contributed by atoms with Gasteiger partial charge in [0.2, 0.25) is 10.0 Å². The van der Waals surface area contributed by atoms with Crippen LogP contribution in [0.5, 0.6) is 11.5 Å². The standard InChI is InChI=1S/C16H17N3O4S/c1-17-24(21,22)11-5-6-13-12(9-11)18-16(19(13)2)10-4-7-14(20)15(8-10)23-3/h4-9,17,20H,1-3H3. The third kappa shape index (κ3) is 2.59. The molecule has 24 heavy (non-hydrogen) atoms. The molecule has 0 unspecified atom stereocenters. The molecule has 1 heterocycles. The zero-order valence-electron chi connectivity index (χ0n) is 13.4. The molecule has 3 rings (SSSR count). The van der Waals surface area contributed by atoms with Crippen molar-refractivity contribution in [1.82, 2.24) is 14.3 Å². The number of hydrogen-bond donors (Lipinski definition) is 2. The zero-order valence-corrected chi connectivity index (χ0v) is 14.3. The maximum atomic E-state index is 11.9. The second-order valence-corrected chi connectivity index (χ2v) is 7.13. The molecule has 0 amide bonds. The Balaban J connectivity index is 2.18. The molecule has 0 radical (unpaired) electrons. The Morgan fingerprint density at radius 3 is 2.62 bits per heavy atom. The molecular formula is C16H17N3O4S. The van der Waals surface area contributed by atoms with Crippen LogP contribution in [0.15, 0.2) is 41.3 Å². The van der Waals surface area contributed by atoms with Crippen LogP contribution in [0, 0.1) is 0 Å². The molecule has 3 aromatic rings. The van der Waals surface area contributed by atoms with Gasteiger partial charge < -0.3 is 14.4 Å². The highest BCUT2D eigenvalue weighted by atomic mass is 32.2. The number of aryl methyl sites for hydroxylation is 1. The van der Waals surface area contributed by atoms with E-state index in [0.717, 1.165) is 11.1 Å². The highest BCUT2D eigenvalue weighted by molar-refractivity contribution is 7.89. The summed E-state index contributed by atoms with van der Waals surface area (Å²) in [5.74, 6) is 1.03. The highest BCUT2D eigenvalue weighted by Gasteiger charge is 2.16. The number of hydrogen-bond acceptors (Lipinski definition) is 5. The van der Waals surface area contributed by atoms with Crippen LogP contribution >= 0.6 is 0 Å². The number of ether oxygens (including phenoxy) is 1. The van der Waals surface area contributed by atoms with Gasteiger partial charge in [0, 0.05) is 12.6 Å². The van der Waals surface area contributed by atoms with E-state index in [0.29, 0.717) is 17.1 Å². The lowest BCUT2D eigenvalue weighted by atomic mass is 10.2. The van der Waals surface area contributed by atoms with Gasteiger partial charge in [-0.2, -0.15) is 0 Å². The molecule has 0 spiro atoms. The Labute approximate surface area is 139 Å². The lowest BCUT2D eigenvalue weighted by molar-refractivity contribution is 0.373. The van der Waals surface area contributed by atoms with Gasteiger partial charge in [-0.25, -0.2) is 18.1 Å². The lowest BCUT2D eigenvalue weighted by Crippen LogP contribution is -2.18. The fourth-order valence-electron chi connectivity index (χ4n) is 2.54. The first-order valence-electron chi connectivity index (χ1n) is 7.15. The summed E-state index contributed by atoms with van der Waals surface area (Å²) in [5.41, 5.74) is 2.12. The number of imidazole rings is 1. The van der Waals surface area contributed by atoms with Crippen molar-refractivity contribution in [3.63, 3.8) is 0 Å². The minimum atomic E-state index is -3.53. The van der Waals surface area contributed by atoms with E-state index in [-0.39, 0.29) is 10.6 Å². The molecule has 0 aliphatic heterocycles. The first-order valence-corrected chi connectivity index (χ1v) is 8.63. The van der Waals surface area contributed by atoms with Crippen molar-refractivity contribution in [1.29, 1.82) is 0 Å².